The molecule has 2 aliphatic rings. The third-order valence-corrected chi connectivity index (χ3v) is 6.82. The van der Waals surface area contributed by atoms with E-state index in [9.17, 15) is 14.4 Å². The molecule has 6 nitrogen and oxygen atoms in total. The summed E-state index contributed by atoms with van der Waals surface area (Å²) in [7, 11) is 0. The molecule has 1 aliphatic heterocycles. The summed E-state index contributed by atoms with van der Waals surface area (Å²) in [6.07, 6.45) is 5.68. The van der Waals surface area contributed by atoms with E-state index in [4.69, 9.17) is 0 Å². The number of nitrogens with one attached hydrogen (secondary N) is 2. The summed E-state index contributed by atoms with van der Waals surface area (Å²) in [5, 5.41) is 5.90. The van der Waals surface area contributed by atoms with Gasteiger partial charge in [0.25, 0.3) is 0 Å². The molecule has 1 unspecified atom stereocenters. The van der Waals surface area contributed by atoms with Gasteiger partial charge in [-0.05, 0) is 36.8 Å². The summed E-state index contributed by atoms with van der Waals surface area (Å²) >= 11 is 0. The van der Waals surface area contributed by atoms with Crippen LogP contribution < -0.4 is 10.6 Å². The summed E-state index contributed by atoms with van der Waals surface area (Å²) < 4.78 is 0. The zero-order chi connectivity index (χ0) is 23.1. The number of hydrogen-bond acceptors (Lipinski definition) is 3. The molecule has 0 bridgehead atoms. The molecule has 1 heterocycles. The highest BCUT2D eigenvalue weighted by molar-refractivity contribution is 5.94. The molecule has 4 rings (SSSR count). The minimum atomic E-state index is -0.510. The van der Waals surface area contributed by atoms with Gasteiger partial charge in [-0.3, -0.25) is 14.4 Å². The van der Waals surface area contributed by atoms with Gasteiger partial charge < -0.3 is 15.5 Å². The molecule has 1 saturated heterocycles. The van der Waals surface area contributed by atoms with Crippen molar-refractivity contribution in [3.63, 3.8) is 0 Å². The summed E-state index contributed by atoms with van der Waals surface area (Å²) in [6.45, 7) is 1.19. The van der Waals surface area contributed by atoms with E-state index in [1.165, 1.54) is 0 Å². The van der Waals surface area contributed by atoms with E-state index >= 15 is 0 Å². The van der Waals surface area contributed by atoms with Gasteiger partial charge in [0.15, 0.2) is 0 Å². The Morgan fingerprint density at radius 2 is 1.61 bits per heavy atom. The molecule has 2 aromatic carbocycles. The number of benzene rings is 2. The van der Waals surface area contributed by atoms with E-state index in [0.29, 0.717) is 13.1 Å². The Labute approximate surface area is 195 Å². The molecule has 1 saturated carbocycles. The molecule has 0 radical (unpaired) electrons. The van der Waals surface area contributed by atoms with Gasteiger partial charge in [0.05, 0.1) is 24.4 Å². The van der Waals surface area contributed by atoms with Crippen LogP contribution in [0.5, 0.6) is 0 Å². The van der Waals surface area contributed by atoms with Crippen LogP contribution in [0.4, 0.5) is 0 Å². The van der Waals surface area contributed by atoms with Crippen LogP contribution in [0, 0.1) is 0 Å². The third-order valence-electron chi connectivity index (χ3n) is 6.82. The van der Waals surface area contributed by atoms with E-state index in [2.05, 4.69) is 10.6 Å². The first-order valence-electron chi connectivity index (χ1n) is 12.1. The average molecular weight is 448 g/mol. The van der Waals surface area contributed by atoms with Crippen molar-refractivity contribution in [2.24, 2.45) is 0 Å². The minimum absolute atomic E-state index is 0.0476. The molecule has 2 aromatic rings. The van der Waals surface area contributed by atoms with Crippen LogP contribution >= 0.6 is 0 Å². The molecular weight excluding hydrogens is 414 g/mol. The second-order valence-electron chi connectivity index (χ2n) is 9.11. The van der Waals surface area contributed by atoms with Gasteiger partial charge in [-0.25, -0.2) is 0 Å². The van der Waals surface area contributed by atoms with Crippen LogP contribution in [0.25, 0.3) is 0 Å². The lowest BCUT2D eigenvalue weighted by Crippen LogP contribution is -2.46. The van der Waals surface area contributed by atoms with Gasteiger partial charge in [0.2, 0.25) is 17.7 Å². The van der Waals surface area contributed by atoms with Gasteiger partial charge in [-0.1, -0.05) is 73.5 Å². The SMILES string of the molecule is O=C1CC(c2ccccc2)N(C(=O)CNC(=O)C2(c3ccccc3)CC2)CCCCCCN1. The Hall–Kier alpha value is -3.15. The highest BCUT2D eigenvalue weighted by Gasteiger charge is 2.51. The molecule has 0 spiro atoms. The van der Waals surface area contributed by atoms with Gasteiger partial charge in [-0.15, -0.1) is 0 Å². The van der Waals surface area contributed by atoms with E-state index in [-0.39, 0.29) is 36.7 Å². The minimum Gasteiger partial charge on any atom is -0.356 e. The third kappa shape index (κ3) is 5.62. The molecule has 6 heteroatoms. The standard InChI is InChI=1S/C27H33N3O3/c31-24-19-23(21-11-5-3-6-12-21)30(18-10-2-1-9-17-28-24)25(32)20-29-26(33)27(15-16-27)22-13-7-4-8-14-22/h3-8,11-14,23H,1-2,9-10,15-20H2,(H,28,31)(H,29,33). The molecule has 3 amide bonds. The molecule has 2 fully saturated rings. The molecule has 0 aromatic heterocycles. The maximum atomic E-state index is 13.4. The van der Waals surface area contributed by atoms with Gasteiger partial charge in [-0.2, -0.15) is 0 Å². The monoisotopic (exact) mass is 447 g/mol. The maximum absolute atomic E-state index is 13.4. The van der Waals surface area contributed by atoms with Gasteiger partial charge in [0.1, 0.15) is 0 Å². The summed E-state index contributed by atoms with van der Waals surface area (Å²) in [6, 6.07) is 19.1. The normalized spacial score (nSPS) is 20.8. The zero-order valence-corrected chi connectivity index (χ0v) is 19.1. The smallest absolute Gasteiger partial charge is 0.242 e. The zero-order valence-electron chi connectivity index (χ0n) is 19.1. The Bertz CT molecular complexity index is 957. The fourth-order valence-electron chi connectivity index (χ4n) is 4.73. The van der Waals surface area contributed by atoms with Crippen molar-refractivity contribution < 1.29 is 14.4 Å². The van der Waals surface area contributed by atoms with Crippen LogP contribution in [-0.4, -0.2) is 42.3 Å². The number of hydrogen-bond donors (Lipinski definition) is 2. The lowest BCUT2D eigenvalue weighted by Gasteiger charge is -2.32. The van der Waals surface area contributed by atoms with Crippen molar-refractivity contribution >= 4 is 17.7 Å². The Morgan fingerprint density at radius 1 is 0.939 bits per heavy atom. The molecule has 1 aliphatic carbocycles. The number of carbonyl (C=O) groups excluding carboxylic acids is 3. The lowest BCUT2D eigenvalue weighted by atomic mass is 9.95. The van der Waals surface area contributed by atoms with Crippen LogP contribution in [0.1, 0.15) is 62.1 Å². The highest BCUT2D eigenvalue weighted by atomic mass is 16.2. The Balaban J connectivity index is 1.49. The first-order valence-corrected chi connectivity index (χ1v) is 12.1. The van der Waals surface area contributed by atoms with Crippen molar-refractivity contribution in [1.82, 2.24) is 15.5 Å². The Kier molecular flexibility index (Phi) is 7.43. The number of rotatable bonds is 5. The van der Waals surface area contributed by atoms with Gasteiger partial charge in [0, 0.05) is 13.1 Å². The van der Waals surface area contributed by atoms with E-state index in [0.717, 1.165) is 49.7 Å². The summed E-state index contributed by atoms with van der Waals surface area (Å²) in [5.41, 5.74) is 1.43. The predicted octanol–water partition coefficient (Wildman–Crippen LogP) is 3.48. The molecule has 33 heavy (non-hydrogen) atoms. The van der Waals surface area contributed by atoms with E-state index in [1.54, 1.807) is 4.90 Å². The quantitative estimate of drug-likeness (QED) is 0.737. The number of carbonyl (C=O) groups is 3. The summed E-state index contributed by atoms with van der Waals surface area (Å²) in [4.78, 5) is 40.8. The van der Waals surface area contributed by atoms with Crippen molar-refractivity contribution in [1.29, 1.82) is 0 Å². The van der Waals surface area contributed by atoms with Crippen LogP contribution in [0.3, 0.4) is 0 Å². The van der Waals surface area contributed by atoms with Gasteiger partial charge >= 0.3 is 0 Å². The fourth-order valence-corrected chi connectivity index (χ4v) is 4.73. The number of amides is 3. The highest BCUT2D eigenvalue weighted by Crippen LogP contribution is 2.48. The predicted molar refractivity (Wildman–Crippen MR) is 127 cm³/mol. The topological polar surface area (TPSA) is 78.5 Å². The molecule has 174 valence electrons. The maximum Gasteiger partial charge on any atom is 0.242 e. The first kappa shape index (κ1) is 23.0. The van der Waals surface area contributed by atoms with Crippen LogP contribution in [0.15, 0.2) is 60.7 Å². The molecule has 2 N–H and O–H groups in total. The molecule has 1 atom stereocenters. The lowest BCUT2D eigenvalue weighted by molar-refractivity contribution is -0.136. The largest absolute Gasteiger partial charge is 0.356 e. The van der Waals surface area contributed by atoms with E-state index in [1.807, 2.05) is 60.7 Å². The van der Waals surface area contributed by atoms with Crippen molar-refractivity contribution in [2.75, 3.05) is 19.6 Å². The van der Waals surface area contributed by atoms with Crippen molar-refractivity contribution in [3.05, 3.63) is 71.8 Å². The number of nitrogens with zero attached hydrogens (tertiary/aromatic N) is 1. The second-order valence-corrected chi connectivity index (χ2v) is 9.11. The molecular formula is C27H33N3O3. The van der Waals surface area contributed by atoms with Crippen molar-refractivity contribution in [3.8, 4) is 0 Å². The first-order chi connectivity index (χ1) is 16.1. The average Bonchev–Trinajstić information content (AvgIpc) is 3.66. The fraction of sp³-hybridized carbons (Fsp3) is 0.444. The van der Waals surface area contributed by atoms with Crippen LogP contribution in [-0.2, 0) is 19.8 Å². The van der Waals surface area contributed by atoms with E-state index < -0.39 is 5.41 Å². The Morgan fingerprint density at radius 3 is 2.30 bits per heavy atom. The summed E-state index contributed by atoms with van der Waals surface area (Å²) in [5.74, 6) is -0.282. The second kappa shape index (κ2) is 10.6. The van der Waals surface area contributed by atoms with Crippen LogP contribution in [0.2, 0.25) is 0 Å². The van der Waals surface area contributed by atoms with Crippen molar-refractivity contribution in [2.45, 2.75) is 56.4 Å².